The van der Waals surface area contributed by atoms with Crippen molar-refractivity contribution in [3.8, 4) is 5.75 Å². The first-order chi connectivity index (χ1) is 32.8. The van der Waals surface area contributed by atoms with Crippen LogP contribution in [0.5, 0.6) is 5.75 Å². The molecule has 0 radical (unpaired) electrons. The Morgan fingerprint density at radius 2 is 1.76 bits per heavy atom. The maximum atomic E-state index is 14.4. The van der Waals surface area contributed by atoms with Gasteiger partial charge in [-0.05, 0) is 76.5 Å². The molecular formula is C51H71ClN4O13S. The molecule has 4 bridgehead atoms. The summed E-state index contributed by atoms with van der Waals surface area (Å²) in [7, 11) is 5.91. The Kier molecular flexibility index (Phi) is 17.3. The number of likely N-dealkylation sites (N-methyl/N-ethyl adjacent to an activating group) is 1. The van der Waals surface area contributed by atoms with Gasteiger partial charge in [-0.15, -0.1) is 11.8 Å². The lowest BCUT2D eigenvalue weighted by Crippen LogP contribution is -2.63. The highest BCUT2D eigenvalue weighted by Crippen LogP contribution is 2.49. The summed E-state index contributed by atoms with van der Waals surface area (Å²) in [5, 5.41) is 13.9. The van der Waals surface area contributed by atoms with Gasteiger partial charge < -0.3 is 38.6 Å². The number of aliphatic hydroxyl groups is 1. The number of ketones is 1. The number of ether oxygens (including phenoxy) is 5. The number of allylic oxidation sites excluding steroid dienone is 3. The molecule has 5 aliphatic rings. The molecule has 3 saturated heterocycles. The van der Waals surface area contributed by atoms with Gasteiger partial charge in [0.05, 0.1) is 30.6 Å². The van der Waals surface area contributed by atoms with Gasteiger partial charge in [-0.1, -0.05) is 63.1 Å². The molecule has 19 heteroatoms. The first kappa shape index (κ1) is 54.8. The van der Waals surface area contributed by atoms with E-state index in [0.717, 1.165) is 36.8 Å². The average Bonchev–Trinajstić information content (AvgIpc) is 3.94. The predicted octanol–water partition coefficient (Wildman–Crippen LogP) is 6.19. The highest BCUT2D eigenvalue weighted by atomic mass is 35.5. The number of halogens is 1. The molecule has 9 atom stereocenters. The molecule has 1 saturated carbocycles. The van der Waals surface area contributed by atoms with Gasteiger partial charge in [0.2, 0.25) is 23.6 Å². The van der Waals surface area contributed by atoms with E-state index in [2.05, 4.69) is 5.32 Å². The number of fused-ring (bicyclic) bond motifs is 5. The minimum atomic E-state index is -1.87. The predicted molar refractivity (Wildman–Crippen MR) is 263 cm³/mol. The third kappa shape index (κ3) is 12.2. The SMILES string of the molecule is COc1cc2cc(c1Cl)N(C)C(=O)C[C@H](OC(=O)[C@H](C)N(C)C(=O)CCS[C@@H]1CC(=O)N(C[C@H]3CC[C@H](C(=O)C(C)(C)C)CC3)C1=O)[C@]1(C)O[C@H]1[C@H](C)[C@@H]1C[C@@](O)(NC(=O)O1)[C@H](OC)/C=C/C=C(\C)C2. The number of benzene rings is 1. The number of carbonyl (C=O) groups excluding carboxylic acids is 7. The summed E-state index contributed by atoms with van der Waals surface area (Å²) in [6.45, 7) is 13.0. The van der Waals surface area contributed by atoms with E-state index in [1.165, 1.54) is 54.7 Å². The van der Waals surface area contributed by atoms with Crippen molar-refractivity contribution in [2.75, 3.05) is 45.5 Å². The first-order valence-corrected chi connectivity index (χ1v) is 25.6. The largest absolute Gasteiger partial charge is 0.495 e. The highest BCUT2D eigenvalue weighted by Gasteiger charge is 2.64. The Bertz CT molecular complexity index is 2260. The second-order valence-corrected chi connectivity index (χ2v) is 22.6. The van der Waals surface area contributed by atoms with Crippen LogP contribution in [0.3, 0.4) is 0 Å². The summed E-state index contributed by atoms with van der Waals surface area (Å²) in [5.41, 5.74) is -1.54. The van der Waals surface area contributed by atoms with E-state index in [0.29, 0.717) is 24.4 Å². The van der Waals surface area contributed by atoms with Crippen molar-refractivity contribution in [3.05, 3.63) is 46.5 Å². The first-order valence-electron chi connectivity index (χ1n) is 24.2. The molecule has 1 aliphatic carbocycles. The van der Waals surface area contributed by atoms with Gasteiger partial charge in [0, 0.05) is 70.0 Å². The zero-order valence-electron chi connectivity index (χ0n) is 42.3. The summed E-state index contributed by atoms with van der Waals surface area (Å²) in [4.78, 5) is 98.3. The van der Waals surface area contributed by atoms with Crippen molar-refractivity contribution < 1.29 is 62.4 Å². The topological polar surface area (TPSA) is 211 Å². The van der Waals surface area contributed by atoms with Gasteiger partial charge in [0.15, 0.2) is 5.72 Å². The average molecular weight is 1020 g/mol. The number of anilines is 1. The Labute approximate surface area is 420 Å². The summed E-state index contributed by atoms with van der Waals surface area (Å²) >= 11 is 8.05. The number of esters is 1. The van der Waals surface area contributed by atoms with Crippen LogP contribution < -0.4 is 15.0 Å². The number of hydrogen-bond donors (Lipinski definition) is 2. The van der Waals surface area contributed by atoms with E-state index in [1.54, 1.807) is 45.2 Å². The maximum absolute atomic E-state index is 14.4. The maximum Gasteiger partial charge on any atom is 0.409 e. The molecule has 4 heterocycles. The fourth-order valence-electron chi connectivity index (χ4n) is 10.1. The van der Waals surface area contributed by atoms with Crippen LogP contribution in [-0.4, -0.2) is 144 Å². The summed E-state index contributed by atoms with van der Waals surface area (Å²) in [6.07, 6.45) is 3.53. The number of likely N-dealkylation sites (tertiary alicyclic amines) is 1. The number of alkyl carbamates (subject to hydrolysis) is 1. The molecule has 0 unspecified atom stereocenters. The molecule has 5 amide bonds. The van der Waals surface area contributed by atoms with E-state index >= 15 is 0 Å². The number of hydrogen-bond acceptors (Lipinski definition) is 14. The standard InChI is InChI=1S/C51H71ClN4O13S/c1-28-13-12-14-38(66-11)51(64)26-36(67-48(63)53-51)29(2)45-50(7,69-45)39(25-41(58)55(9)34-22-32(21-28)23-35(65-10)43(34)52)68-47(62)30(3)54(8)40(57)19-20-70-37-24-42(59)56(46(37)61)27-31-15-17-33(18-16-31)44(60)49(4,5)6/h12-14,22-23,29-31,33,36-39,45,64H,15-21,24-27H2,1-11H3,(H,53,63)/b14-12+,28-13+/t29-,30+,31-,33-,36+,37-,38-,39+,45+,50+,51+/m1/s1. The third-order valence-corrected chi connectivity index (χ3v) is 16.3. The van der Waals surface area contributed by atoms with Crippen LogP contribution in [0, 0.1) is 23.2 Å². The monoisotopic (exact) mass is 1010 g/mol. The smallest absolute Gasteiger partial charge is 0.409 e. The van der Waals surface area contributed by atoms with E-state index in [4.69, 9.17) is 35.3 Å². The van der Waals surface area contributed by atoms with Crippen LogP contribution in [-0.2, 0) is 54.1 Å². The van der Waals surface area contributed by atoms with Gasteiger partial charge in [0.1, 0.15) is 46.5 Å². The van der Waals surface area contributed by atoms with Crippen LogP contribution in [0.4, 0.5) is 10.5 Å². The second kappa shape index (κ2) is 22.1. The zero-order valence-corrected chi connectivity index (χ0v) is 43.9. The number of carbonyl (C=O) groups is 7. The number of nitrogens with one attached hydrogen (secondary N) is 1. The molecule has 6 rings (SSSR count). The lowest BCUT2D eigenvalue weighted by molar-refractivity contribution is -0.162. The molecule has 4 fully saturated rings. The fourth-order valence-corrected chi connectivity index (χ4v) is 11.6. The molecule has 0 spiro atoms. The number of nitrogens with zero attached hydrogens (tertiary/aromatic N) is 3. The van der Waals surface area contributed by atoms with E-state index in [-0.39, 0.29) is 65.9 Å². The minimum absolute atomic E-state index is 0.000565. The number of Topliss-reactive ketones (excluding diaryl/α,β-unsaturated/α-hetero) is 1. The lowest BCUT2D eigenvalue weighted by Gasteiger charge is -2.42. The molecule has 0 aromatic heterocycles. The Morgan fingerprint density at radius 1 is 1.07 bits per heavy atom. The van der Waals surface area contributed by atoms with Gasteiger partial charge in [-0.3, -0.25) is 34.2 Å². The molecule has 1 aromatic rings. The van der Waals surface area contributed by atoms with Crippen molar-refractivity contribution in [1.29, 1.82) is 0 Å². The number of methoxy groups -OCH3 is 2. The molecule has 70 heavy (non-hydrogen) atoms. The van der Waals surface area contributed by atoms with Crippen molar-refractivity contribution in [1.82, 2.24) is 15.1 Å². The summed E-state index contributed by atoms with van der Waals surface area (Å²) in [6, 6.07) is 2.43. The van der Waals surface area contributed by atoms with Gasteiger partial charge in [0.25, 0.3) is 0 Å². The van der Waals surface area contributed by atoms with Gasteiger partial charge in [-0.2, -0.15) is 0 Å². The van der Waals surface area contributed by atoms with E-state index < -0.39 is 82.2 Å². The number of imide groups is 1. The molecule has 4 aliphatic heterocycles. The van der Waals surface area contributed by atoms with Crippen LogP contribution in [0.2, 0.25) is 5.02 Å². The fraction of sp³-hybridized carbons (Fsp3) is 0.667. The number of rotatable bonds is 12. The lowest BCUT2D eigenvalue weighted by atomic mass is 9.73. The van der Waals surface area contributed by atoms with E-state index in [9.17, 15) is 38.7 Å². The van der Waals surface area contributed by atoms with Crippen molar-refractivity contribution >= 4 is 70.5 Å². The Morgan fingerprint density at radius 3 is 2.40 bits per heavy atom. The summed E-state index contributed by atoms with van der Waals surface area (Å²) in [5.74, 6) is -1.84. The molecule has 2 N–H and O–H groups in total. The van der Waals surface area contributed by atoms with Crippen molar-refractivity contribution in [2.45, 2.75) is 153 Å². The second-order valence-electron chi connectivity index (χ2n) is 20.9. The highest BCUT2D eigenvalue weighted by molar-refractivity contribution is 8.00. The van der Waals surface area contributed by atoms with Crippen LogP contribution >= 0.6 is 23.4 Å². The zero-order chi connectivity index (χ0) is 51.6. The number of amides is 5. The van der Waals surface area contributed by atoms with Gasteiger partial charge >= 0.3 is 12.1 Å². The molecule has 386 valence electrons. The quantitative estimate of drug-likeness (QED) is 0.136. The van der Waals surface area contributed by atoms with Gasteiger partial charge in [-0.25, -0.2) is 9.59 Å². The van der Waals surface area contributed by atoms with Crippen LogP contribution in [0.1, 0.15) is 105 Å². The minimum Gasteiger partial charge on any atom is -0.495 e. The number of thioether (sulfide) groups is 1. The summed E-state index contributed by atoms with van der Waals surface area (Å²) < 4.78 is 29.5. The van der Waals surface area contributed by atoms with Crippen LogP contribution in [0.15, 0.2) is 35.9 Å². The van der Waals surface area contributed by atoms with Crippen LogP contribution in [0.25, 0.3) is 0 Å². The van der Waals surface area contributed by atoms with Crippen molar-refractivity contribution in [3.63, 3.8) is 0 Å². The third-order valence-electron chi connectivity index (χ3n) is 14.8. The molecular weight excluding hydrogens is 944 g/mol. The number of epoxide rings is 1. The Hall–Kier alpha value is -4.49. The Balaban J connectivity index is 1.14. The van der Waals surface area contributed by atoms with Crippen molar-refractivity contribution in [2.24, 2.45) is 23.2 Å². The van der Waals surface area contributed by atoms with E-state index in [1.807, 2.05) is 33.8 Å². The molecule has 17 nitrogen and oxygen atoms in total. The normalized spacial score (nSPS) is 32.4. The molecule has 1 aromatic carbocycles.